The van der Waals surface area contributed by atoms with Gasteiger partial charge in [0.2, 0.25) is 5.91 Å². The third-order valence-corrected chi connectivity index (χ3v) is 4.45. The Morgan fingerprint density at radius 3 is 2.61 bits per heavy atom. The van der Waals surface area contributed by atoms with Crippen molar-refractivity contribution in [3.8, 4) is 11.5 Å². The molecule has 1 atom stereocenters. The first kappa shape index (κ1) is 19.5. The van der Waals surface area contributed by atoms with Crippen LogP contribution in [0.2, 0.25) is 0 Å². The van der Waals surface area contributed by atoms with Crippen molar-refractivity contribution in [2.45, 2.75) is 19.4 Å². The van der Waals surface area contributed by atoms with Crippen molar-refractivity contribution in [3.05, 3.63) is 77.9 Å². The van der Waals surface area contributed by atoms with Crippen LogP contribution in [0.1, 0.15) is 29.9 Å². The smallest absolute Gasteiger partial charge is 0.225 e. The van der Waals surface area contributed by atoms with Crippen LogP contribution < -0.4 is 14.8 Å². The van der Waals surface area contributed by atoms with E-state index in [1.54, 1.807) is 13.3 Å². The Balaban J connectivity index is 1.79. The lowest BCUT2D eigenvalue weighted by Crippen LogP contribution is -2.32. The molecule has 1 heterocycles. The summed E-state index contributed by atoms with van der Waals surface area (Å²) in [6, 6.07) is 14.9. The Morgan fingerprint density at radius 1 is 1.18 bits per heavy atom. The Labute approximate surface area is 165 Å². The summed E-state index contributed by atoms with van der Waals surface area (Å²) in [4.78, 5) is 17.2. The van der Waals surface area contributed by atoms with Crippen LogP contribution in [0.15, 0.2) is 60.9 Å². The molecule has 1 aromatic heterocycles. The van der Waals surface area contributed by atoms with Crippen molar-refractivity contribution in [2.24, 2.45) is 7.05 Å². The molecule has 0 saturated heterocycles. The van der Waals surface area contributed by atoms with E-state index in [0.717, 1.165) is 28.5 Å². The number of aryl methyl sites for hydroxylation is 1. The van der Waals surface area contributed by atoms with Gasteiger partial charge in [0, 0.05) is 19.4 Å². The average molecular weight is 379 g/mol. The van der Waals surface area contributed by atoms with Crippen LogP contribution in [0.5, 0.6) is 11.5 Å². The summed E-state index contributed by atoms with van der Waals surface area (Å²) in [5, 5.41) is 3.11. The fourth-order valence-corrected chi connectivity index (χ4v) is 3.04. The Kier molecular flexibility index (Phi) is 6.32. The minimum absolute atomic E-state index is 0.0834. The minimum Gasteiger partial charge on any atom is -0.497 e. The number of nitrogens with one attached hydrogen (secondary N) is 1. The monoisotopic (exact) mass is 379 g/mol. The number of methoxy groups -OCH3 is 1. The van der Waals surface area contributed by atoms with E-state index in [2.05, 4.69) is 10.3 Å². The van der Waals surface area contributed by atoms with Gasteiger partial charge in [-0.25, -0.2) is 4.98 Å². The van der Waals surface area contributed by atoms with Crippen molar-refractivity contribution in [1.82, 2.24) is 14.9 Å². The van der Waals surface area contributed by atoms with E-state index in [-0.39, 0.29) is 18.4 Å². The first-order valence-corrected chi connectivity index (χ1v) is 9.23. The number of imidazole rings is 1. The zero-order chi connectivity index (χ0) is 19.9. The molecule has 0 spiro atoms. The van der Waals surface area contributed by atoms with Crippen LogP contribution in [0.3, 0.4) is 0 Å². The van der Waals surface area contributed by atoms with E-state index in [0.29, 0.717) is 6.61 Å². The second kappa shape index (κ2) is 9.08. The molecule has 0 radical (unpaired) electrons. The van der Waals surface area contributed by atoms with Gasteiger partial charge in [0.25, 0.3) is 0 Å². The van der Waals surface area contributed by atoms with Gasteiger partial charge in [0.1, 0.15) is 23.4 Å². The fraction of sp³-hybridized carbons (Fsp3) is 0.273. The van der Waals surface area contributed by atoms with Gasteiger partial charge in [0.15, 0.2) is 0 Å². The maximum Gasteiger partial charge on any atom is 0.225 e. The van der Waals surface area contributed by atoms with Crippen LogP contribution in [0.25, 0.3) is 0 Å². The van der Waals surface area contributed by atoms with Gasteiger partial charge in [-0.3, -0.25) is 4.79 Å². The molecule has 0 saturated carbocycles. The molecular formula is C22H25N3O3. The van der Waals surface area contributed by atoms with Crippen LogP contribution in [0, 0.1) is 0 Å². The molecular weight excluding hydrogens is 354 g/mol. The highest BCUT2D eigenvalue weighted by Gasteiger charge is 2.21. The predicted octanol–water partition coefficient (Wildman–Crippen LogP) is 3.28. The molecule has 28 heavy (non-hydrogen) atoms. The predicted molar refractivity (Wildman–Crippen MR) is 108 cm³/mol. The quantitative estimate of drug-likeness (QED) is 0.652. The van der Waals surface area contributed by atoms with Gasteiger partial charge in [-0.2, -0.15) is 0 Å². The van der Waals surface area contributed by atoms with Gasteiger partial charge in [-0.1, -0.05) is 24.3 Å². The molecule has 1 amide bonds. The number of carbonyl (C=O) groups is 1. The average Bonchev–Trinajstić information content (AvgIpc) is 3.13. The zero-order valence-electron chi connectivity index (χ0n) is 16.4. The lowest BCUT2D eigenvalue weighted by Gasteiger charge is -2.20. The molecule has 0 fully saturated rings. The number of aromatic nitrogens is 2. The summed E-state index contributed by atoms with van der Waals surface area (Å²) in [5.41, 5.74) is 1.83. The molecule has 0 aliphatic rings. The highest BCUT2D eigenvalue weighted by atomic mass is 16.5. The summed E-state index contributed by atoms with van der Waals surface area (Å²) in [7, 11) is 3.54. The van der Waals surface area contributed by atoms with Gasteiger partial charge < -0.3 is 19.4 Å². The second-order valence-electron chi connectivity index (χ2n) is 6.43. The van der Waals surface area contributed by atoms with Crippen LogP contribution in [0.4, 0.5) is 0 Å². The Hall–Kier alpha value is -3.28. The number of rotatable bonds is 8. The number of hydrogen-bond donors (Lipinski definition) is 1. The molecule has 6 heteroatoms. The van der Waals surface area contributed by atoms with Crippen molar-refractivity contribution < 1.29 is 14.3 Å². The Bertz CT molecular complexity index is 919. The van der Waals surface area contributed by atoms with Gasteiger partial charge in [-0.15, -0.1) is 0 Å². The second-order valence-corrected chi connectivity index (χ2v) is 6.43. The topological polar surface area (TPSA) is 65.4 Å². The maximum absolute atomic E-state index is 12.8. The molecule has 3 aromatic rings. The lowest BCUT2D eigenvalue weighted by molar-refractivity contribution is -0.121. The molecule has 6 nitrogen and oxygen atoms in total. The molecule has 1 unspecified atom stereocenters. The van der Waals surface area contributed by atoms with E-state index in [1.165, 1.54) is 0 Å². The minimum atomic E-state index is -0.370. The van der Waals surface area contributed by atoms with E-state index >= 15 is 0 Å². The van der Waals surface area contributed by atoms with Gasteiger partial charge >= 0.3 is 0 Å². The molecule has 3 rings (SSSR count). The van der Waals surface area contributed by atoms with E-state index in [9.17, 15) is 4.79 Å². The number of benzene rings is 2. The van der Waals surface area contributed by atoms with Gasteiger partial charge in [0.05, 0.1) is 20.1 Å². The van der Waals surface area contributed by atoms with Crippen LogP contribution in [-0.2, 0) is 18.3 Å². The van der Waals surface area contributed by atoms with Crippen LogP contribution in [-0.4, -0.2) is 29.2 Å². The van der Waals surface area contributed by atoms with E-state index in [4.69, 9.17) is 9.47 Å². The molecule has 1 N–H and O–H groups in total. The molecule has 0 aliphatic heterocycles. The molecule has 0 bridgehead atoms. The third-order valence-electron chi connectivity index (χ3n) is 4.45. The Morgan fingerprint density at radius 2 is 1.96 bits per heavy atom. The zero-order valence-corrected chi connectivity index (χ0v) is 16.4. The summed E-state index contributed by atoms with van der Waals surface area (Å²) in [5.74, 6) is 2.21. The molecule has 2 aromatic carbocycles. The fourth-order valence-electron chi connectivity index (χ4n) is 3.04. The number of hydrogen-bond acceptors (Lipinski definition) is 4. The largest absolute Gasteiger partial charge is 0.497 e. The van der Waals surface area contributed by atoms with Crippen molar-refractivity contribution >= 4 is 5.91 Å². The highest BCUT2D eigenvalue weighted by Crippen LogP contribution is 2.24. The summed E-state index contributed by atoms with van der Waals surface area (Å²) in [6.45, 7) is 2.56. The number of amides is 1. The van der Waals surface area contributed by atoms with Crippen molar-refractivity contribution in [1.29, 1.82) is 0 Å². The number of nitrogens with zero attached hydrogens (tertiary/aromatic N) is 2. The normalized spacial score (nSPS) is 11.7. The third kappa shape index (κ3) is 4.71. The SMILES string of the molecule is CCOc1ccc(CC(=O)NC(c2cccc(OC)c2)c2nccn2C)cc1. The number of carbonyl (C=O) groups excluding carboxylic acids is 1. The van der Waals surface area contributed by atoms with Gasteiger partial charge in [-0.05, 0) is 42.3 Å². The van der Waals surface area contributed by atoms with Crippen molar-refractivity contribution in [3.63, 3.8) is 0 Å². The summed E-state index contributed by atoms with van der Waals surface area (Å²) < 4.78 is 12.7. The first-order valence-electron chi connectivity index (χ1n) is 9.23. The lowest BCUT2D eigenvalue weighted by atomic mass is 10.0. The first-order chi connectivity index (χ1) is 13.6. The standard InChI is InChI=1S/C22H25N3O3/c1-4-28-18-10-8-16(9-11-18)14-20(26)24-21(22-23-12-13-25(22)2)17-6-5-7-19(15-17)27-3/h5-13,15,21H,4,14H2,1-3H3,(H,24,26). The molecule has 146 valence electrons. The number of ether oxygens (including phenoxy) is 2. The summed E-state index contributed by atoms with van der Waals surface area (Å²) in [6.07, 6.45) is 3.86. The van der Waals surface area contributed by atoms with Crippen molar-refractivity contribution in [2.75, 3.05) is 13.7 Å². The summed E-state index contributed by atoms with van der Waals surface area (Å²) >= 11 is 0. The van der Waals surface area contributed by atoms with Crippen LogP contribution >= 0.6 is 0 Å². The highest BCUT2D eigenvalue weighted by molar-refractivity contribution is 5.79. The van der Waals surface area contributed by atoms with E-state index < -0.39 is 0 Å². The van der Waals surface area contributed by atoms with E-state index in [1.807, 2.05) is 73.3 Å². The molecule has 0 aliphatic carbocycles. The maximum atomic E-state index is 12.8.